The lowest BCUT2D eigenvalue weighted by Crippen LogP contribution is -2.21. The Kier molecular flexibility index (Phi) is 4.41. The van der Waals surface area contributed by atoms with E-state index in [9.17, 15) is 10.1 Å². The van der Waals surface area contributed by atoms with Gasteiger partial charge in [0.2, 0.25) is 5.95 Å². The van der Waals surface area contributed by atoms with Gasteiger partial charge in [-0.2, -0.15) is 5.26 Å². The standard InChI is InChI=1S/C20H16N6O2/c1-28-17-3-2-13(6-14(17)7-21)18(27)15-8-24-19(25-9-15)26-20(4-5-20)16-10-22-12-23-11-16/h2-3,6,8-12H,4-5H2,1H3,(H,24,25,26). The van der Waals surface area contributed by atoms with Crippen LogP contribution in [0.5, 0.6) is 5.75 Å². The summed E-state index contributed by atoms with van der Waals surface area (Å²) in [5, 5.41) is 12.5. The Morgan fingerprint density at radius 3 is 2.46 bits per heavy atom. The van der Waals surface area contributed by atoms with Crippen LogP contribution >= 0.6 is 0 Å². The van der Waals surface area contributed by atoms with Crippen molar-refractivity contribution in [1.29, 1.82) is 5.26 Å². The van der Waals surface area contributed by atoms with E-state index in [0.717, 1.165) is 18.4 Å². The summed E-state index contributed by atoms with van der Waals surface area (Å²) in [7, 11) is 1.48. The lowest BCUT2D eigenvalue weighted by molar-refractivity contribution is 0.103. The van der Waals surface area contributed by atoms with Crippen molar-refractivity contribution >= 4 is 11.7 Å². The second kappa shape index (κ2) is 7.04. The number of benzene rings is 1. The van der Waals surface area contributed by atoms with Gasteiger partial charge in [0.15, 0.2) is 5.78 Å². The number of carbonyl (C=O) groups excluding carboxylic acids is 1. The number of carbonyl (C=O) groups is 1. The molecule has 28 heavy (non-hydrogen) atoms. The number of anilines is 1. The topological polar surface area (TPSA) is 114 Å². The molecule has 1 aliphatic carbocycles. The molecule has 138 valence electrons. The minimum Gasteiger partial charge on any atom is -0.495 e. The molecule has 8 heteroatoms. The molecule has 1 N–H and O–H groups in total. The average Bonchev–Trinajstić information content (AvgIpc) is 3.54. The molecular weight excluding hydrogens is 356 g/mol. The zero-order valence-corrected chi connectivity index (χ0v) is 15.1. The third-order valence-electron chi connectivity index (χ3n) is 4.71. The fourth-order valence-electron chi connectivity index (χ4n) is 2.98. The monoisotopic (exact) mass is 372 g/mol. The number of nitrogens with one attached hydrogen (secondary N) is 1. The molecule has 1 aromatic carbocycles. The van der Waals surface area contributed by atoms with E-state index in [-0.39, 0.29) is 11.3 Å². The van der Waals surface area contributed by atoms with Crippen LogP contribution < -0.4 is 10.1 Å². The Bertz CT molecular complexity index is 1060. The minimum atomic E-state index is -0.261. The van der Waals surface area contributed by atoms with Gasteiger partial charge in [-0.1, -0.05) is 0 Å². The van der Waals surface area contributed by atoms with Crippen LogP contribution in [0, 0.1) is 11.3 Å². The second-order valence-corrected chi connectivity index (χ2v) is 6.49. The first-order valence-corrected chi connectivity index (χ1v) is 8.64. The maximum atomic E-state index is 12.7. The molecule has 1 aliphatic rings. The zero-order chi connectivity index (χ0) is 19.6. The van der Waals surface area contributed by atoms with Crippen molar-refractivity contribution in [3.63, 3.8) is 0 Å². The van der Waals surface area contributed by atoms with Crippen molar-refractivity contribution in [2.24, 2.45) is 0 Å². The Morgan fingerprint density at radius 1 is 1.14 bits per heavy atom. The Balaban J connectivity index is 1.52. The van der Waals surface area contributed by atoms with Crippen LogP contribution in [0.15, 0.2) is 49.3 Å². The summed E-state index contributed by atoms with van der Waals surface area (Å²) in [5.74, 6) is 0.600. The van der Waals surface area contributed by atoms with Crippen LogP contribution in [-0.4, -0.2) is 32.8 Å². The van der Waals surface area contributed by atoms with Crippen molar-refractivity contribution in [2.45, 2.75) is 18.4 Å². The molecule has 0 amide bonds. The van der Waals surface area contributed by atoms with E-state index in [1.165, 1.54) is 31.9 Å². The molecule has 1 fully saturated rings. The van der Waals surface area contributed by atoms with E-state index in [4.69, 9.17) is 4.74 Å². The molecule has 0 spiro atoms. The predicted octanol–water partition coefficient (Wildman–Crippen LogP) is 2.48. The smallest absolute Gasteiger partial charge is 0.223 e. The van der Waals surface area contributed by atoms with Gasteiger partial charge in [-0.15, -0.1) is 0 Å². The van der Waals surface area contributed by atoms with Crippen LogP contribution in [0.25, 0.3) is 0 Å². The molecule has 0 radical (unpaired) electrons. The molecule has 8 nitrogen and oxygen atoms in total. The Labute approximate surface area is 161 Å². The van der Waals surface area contributed by atoms with Gasteiger partial charge in [-0.3, -0.25) is 4.79 Å². The van der Waals surface area contributed by atoms with E-state index >= 15 is 0 Å². The number of hydrogen-bond donors (Lipinski definition) is 1. The summed E-state index contributed by atoms with van der Waals surface area (Å²) in [6, 6.07) is 6.74. The van der Waals surface area contributed by atoms with Gasteiger partial charge in [0.05, 0.1) is 23.8 Å². The minimum absolute atomic E-state index is 0.246. The number of nitrogens with zero attached hydrogens (tertiary/aromatic N) is 5. The zero-order valence-electron chi connectivity index (χ0n) is 15.1. The summed E-state index contributed by atoms with van der Waals surface area (Å²) in [5.41, 5.74) is 1.76. The molecule has 2 aromatic heterocycles. The summed E-state index contributed by atoms with van der Waals surface area (Å²) in [6.45, 7) is 0. The Hall–Kier alpha value is -3.86. The van der Waals surface area contributed by atoms with Crippen molar-refractivity contribution in [2.75, 3.05) is 12.4 Å². The summed E-state index contributed by atoms with van der Waals surface area (Å²) >= 11 is 0. The van der Waals surface area contributed by atoms with Gasteiger partial charge in [-0.05, 0) is 31.0 Å². The highest BCUT2D eigenvalue weighted by Crippen LogP contribution is 2.47. The third-order valence-corrected chi connectivity index (χ3v) is 4.71. The number of methoxy groups -OCH3 is 1. The van der Waals surface area contributed by atoms with Gasteiger partial charge in [0, 0.05) is 35.9 Å². The lowest BCUT2D eigenvalue weighted by Gasteiger charge is -2.16. The molecule has 0 unspecified atom stereocenters. The van der Waals surface area contributed by atoms with E-state index in [2.05, 4.69) is 25.3 Å². The van der Waals surface area contributed by atoms with E-state index in [1.807, 2.05) is 6.07 Å². The fraction of sp³-hybridized carbons (Fsp3) is 0.200. The number of aromatic nitrogens is 4. The highest BCUT2D eigenvalue weighted by atomic mass is 16.5. The highest BCUT2D eigenvalue weighted by Gasteiger charge is 2.45. The quantitative estimate of drug-likeness (QED) is 0.657. The van der Waals surface area contributed by atoms with E-state index in [0.29, 0.717) is 28.4 Å². The molecule has 1 saturated carbocycles. The summed E-state index contributed by atoms with van der Waals surface area (Å²) in [4.78, 5) is 29.4. The van der Waals surface area contributed by atoms with Crippen molar-refractivity contribution in [3.8, 4) is 11.8 Å². The van der Waals surface area contributed by atoms with E-state index < -0.39 is 0 Å². The van der Waals surface area contributed by atoms with Crippen LogP contribution in [0.3, 0.4) is 0 Å². The average molecular weight is 372 g/mol. The van der Waals surface area contributed by atoms with Crippen LogP contribution in [-0.2, 0) is 5.54 Å². The van der Waals surface area contributed by atoms with Gasteiger partial charge in [0.1, 0.15) is 18.1 Å². The van der Waals surface area contributed by atoms with E-state index in [1.54, 1.807) is 24.5 Å². The summed E-state index contributed by atoms with van der Waals surface area (Å²) in [6.07, 6.45) is 9.88. The molecule has 2 heterocycles. The predicted molar refractivity (Wildman–Crippen MR) is 99.7 cm³/mol. The van der Waals surface area contributed by atoms with Crippen molar-refractivity contribution < 1.29 is 9.53 Å². The fourth-order valence-corrected chi connectivity index (χ4v) is 2.98. The molecule has 0 bridgehead atoms. The van der Waals surface area contributed by atoms with Crippen LogP contribution in [0.4, 0.5) is 5.95 Å². The molecule has 0 atom stereocenters. The summed E-state index contributed by atoms with van der Waals surface area (Å²) < 4.78 is 5.11. The van der Waals surface area contributed by atoms with Gasteiger partial charge >= 0.3 is 0 Å². The number of nitriles is 1. The van der Waals surface area contributed by atoms with Gasteiger partial charge in [-0.25, -0.2) is 19.9 Å². The first-order valence-electron chi connectivity index (χ1n) is 8.64. The SMILES string of the molecule is COc1ccc(C(=O)c2cnc(NC3(c4cncnc4)CC3)nc2)cc1C#N. The Morgan fingerprint density at radius 2 is 1.86 bits per heavy atom. The number of ether oxygens (including phenoxy) is 1. The lowest BCUT2D eigenvalue weighted by atomic mass is 10.0. The number of hydrogen-bond acceptors (Lipinski definition) is 8. The van der Waals surface area contributed by atoms with Crippen molar-refractivity contribution in [1.82, 2.24) is 19.9 Å². The number of rotatable bonds is 6. The van der Waals surface area contributed by atoms with Crippen LogP contribution in [0.2, 0.25) is 0 Å². The first-order chi connectivity index (χ1) is 13.6. The van der Waals surface area contributed by atoms with Gasteiger partial charge in [0.25, 0.3) is 0 Å². The molecule has 3 aromatic rings. The molecule has 4 rings (SSSR count). The maximum Gasteiger partial charge on any atom is 0.223 e. The van der Waals surface area contributed by atoms with Crippen molar-refractivity contribution in [3.05, 3.63) is 71.6 Å². The second-order valence-electron chi connectivity index (χ2n) is 6.49. The largest absolute Gasteiger partial charge is 0.495 e. The molecule has 0 aliphatic heterocycles. The highest BCUT2D eigenvalue weighted by molar-refractivity contribution is 6.09. The third kappa shape index (κ3) is 3.25. The number of ketones is 1. The van der Waals surface area contributed by atoms with Gasteiger partial charge < -0.3 is 10.1 Å². The normalized spacial score (nSPS) is 14.0. The first kappa shape index (κ1) is 17.5. The molecule has 0 saturated heterocycles. The maximum absolute atomic E-state index is 12.7. The molecular formula is C20H16N6O2. The van der Waals surface area contributed by atoms with Crippen LogP contribution in [0.1, 0.15) is 39.9 Å².